The monoisotopic (exact) mass is 515 g/mol. The van der Waals surface area contributed by atoms with Gasteiger partial charge in [-0.3, -0.25) is 4.99 Å². The lowest BCUT2D eigenvalue weighted by Gasteiger charge is -2.15. The van der Waals surface area contributed by atoms with Crippen LogP contribution in [0, 0.1) is 0 Å². The molecule has 2 aromatic carbocycles. The van der Waals surface area contributed by atoms with E-state index in [1.165, 1.54) is 0 Å². The van der Waals surface area contributed by atoms with E-state index in [4.69, 9.17) is 18.9 Å². The van der Waals surface area contributed by atoms with Crippen LogP contribution in [0.15, 0.2) is 41.4 Å². The molecule has 2 N–H and O–H groups in total. The lowest BCUT2D eigenvalue weighted by molar-refractivity contribution is 0.294. The Hall–Kier alpha value is -2.36. The number of nitrogens with one attached hydrogen (secondary N) is 2. The Bertz CT molecular complexity index is 799. The first-order valence-electron chi connectivity index (χ1n) is 9.14. The van der Waals surface area contributed by atoms with Crippen LogP contribution in [0.1, 0.15) is 18.9 Å². The standard InChI is InChI=1S/C21H29N3O4.HI/c1-6-11-28-18-9-7-15(12-19(18)26-4)14-23-21(22-2)24-16-8-10-17(25-3)20(13-16)27-5;/h7-10,12-13H,6,11,14H2,1-5H3,(H2,22,23,24);1H. The molecule has 0 heterocycles. The summed E-state index contributed by atoms with van der Waals surface area (Å²) in [6.07, 6.45) is 0.949. The van der Waals surface area contributed by atoms with Crippen LogP contribution >= 0.6 is 24.0 Å². The van der Waals surface area contributed by atoms with Crippen molar-refractivity contribution in [3.8, 4) is 23.0 Å². The summed E-state index contributed by atoms with van der Waals surface area (Å²) in [6.45, 7) is 3.31. The molecule has 160 valence electrons. The van der Waals surface area contributed by atoms with Gasteiger partial charge in [-0.05, 0) is 36.2 Å². The number of aliphatic imine (C=N–C) groups is 1. The van der Waals surface area contributed by atoms with E-state index in [0.717, 1.165) is 29.2 Å². The molecule has 0 fully saturated rings. The van der Waals surface area contributed by atoms with Crippen LogP contribution in [-0.2, 0) is 6.54 Å². The zero-order chi connectivity index (χ0) is 20.4. The molecule has 0 aromatic heterocycles. The summed E-state index contributed by atoms with van der Waals surface area (Å²) in [4.78, 5) is 4.26. The van der Waals surface area contributed by atoms with Crippen molar-refractivity contribution in [2.75, 3.05) is 40.3 Å². The van der Waals surface area contributed by atoms with Gasteiger partial charge >= 0.3 is 0 Å². The molecule has 2 aromatic rings. The van der Waals surface area contributed by atoms with Crippen molar-refractivity contribution >= 4 is 35.6 Å². The minimum atomic E-state index is 0. The van der Waals surface area contributed by atoms with E-state index in [1.807, 2.05) is 36.4 Å². The fourth-order valence-corrected chi connectivity index (χ4v) is 2.57. The molecule has 0 aliphatic carbocycles. The van der Waals surface area contributed by atoms with Crippen LogP contribution in [0.2, 0.25) is 0 Å². The van der Waals surface area contributed by atoms with Crippen LogP contribution in [0.5, 0.6) is 23.0 Å². The number of nitrogens with zero attached hydrogens (tertiary/aromatic N) is 1. The maximum absolute atomic E-state index is 5.70. The molecule has 8 heteroatoms. The zero-order valence-electron chi connectivity index (χ0n) is 17.6. The van der Waals surface area contributed by atoms with E-state index in [2.05, 4.69) is 22.5 Å². The second-order valence-electron chi connectivity index (χ2n) is 5.95. The van der Waals surface area contributed by atoms with Crippen LogP contribution in [-0.4, -0.2) is 40.9 Å². The predicted octanol–water partition coefficient (Wildman–Crippen LogP) is 4.31. The molecular formula is C21H30IN3O4. The minimum absolute atomic E-state index is 0. The molecule has 0 unspecified atom stereocenters. The van der Waals surface area contributed by atoms with Gasteiger partial charge in [-0.2, -0.15) is 0 Å². The second-order valence-corrected chi connectivity index (χ2v) is 5.95. The number of hydrogen-bond donors (Lipinski definition) is 2. The topological polar surface area (TPSA) is 73.3 Å². The Morgan fingerprint density at radius 1 is 0.897 bits per heavy atom. The van der Waals surface area contributed by atoms with Gasteiger partial charge in [-0.1, -0.05) is 13.0 Å². The van der Waals surface area contributed by atoms with Gasteiger partial charge in [-0.25, -0.2) is 0 Å². The third kappa shape index (κ3) is 7.19. The van der Waals surface area contributed by atoms with Crippen molar-refractivity contribution in [1.82, 2.24) is 5.32 Å². The highest BCUT2D eigenvalue weighted by Gasteiger charge is 2.08. The first-order chi connectivity index (χ1) is 13.6. The van der Waals surface area contributed by atoms with E-state index >= 15 is 0 Å². The predicted molar refractivity (Wildman–Crippen MR) is 128 cm³/mol. The molecule has 0 bridgehead atoms. The van der Waals surface area contributed by atoms with Crippen molar-refractivity contribution in [2.45, 2.75) is 19.9 Å². The molecule has 7 nitrogen and oxygen atoms in total. The quantitative estimate of drug-likeness (QED) is 0.295. The minimum Gasteiger partial charge on any atom is -0.493 e. The molecule has 0 radical (unpaired) electrons. The van der Waals surface area contributed by atoms with Crippen molar-refractivity contribution < 1.29 is 18.9 Å². The number of ether oxygens (including phenoxy) is 4. The smallest absolute Gasteiger partial charge is 0.195 e. The van der Waals surface area contributed by atoms with Crippen molar-refractivity contribution in [1.29, 1.82) is 0 Å². The van der Waals surface area contributed by atoms with Crippen molar-refractivity contribution in [3.63, 3.8) is 0 Å². The SMILES string of the molecule is CCCOc1ccc(CNC(=NC)Nc2ccc(OC)c(OC)c2)cc1OC.I. The summed E-state index contributed by atoms with van der Waals surface area (Å²) in [6, 6.07) is 11.5. The van der Waals surface area contributed by atoms with Gasteiger partial charge in [0, 0.05) is 25.3 Å². The Balaban J connectivity index is 0.00000420. The number of anilines is 1. The molecule has 0 saturated heterocycles. The number of guanidine groups is 1. The van der Waals surface area contributed by atoms with E-state index in [0.29, 0.717) is 30.6 Å². The lowest BCUT2D eigenvalue weighted by Crippen LogP contribution is -2.30. The van der Waals surface area contributed by atoms with Crippen molar-refractivity contribution in [3.05, 3.63) is 42.0 Å². The fraction of sp³-hybridized carbons (Fsp3) is 0.381. The molecule has 0 amide bonds. The summed E-state index contributed by atoms with van der Waals surface area (Å²) in [7, 11) is 6.58. The van der Waals surface area contributed by atoms with Gasteiger partial charge in [0.2, 0.25) is 0 Å². The van der Waals surface area contributed by atoms with Crippen LogP contribution in [0.25, 0.3) is 0 Å². The third-order valence-corrected chi connectivity index (χ3v) is 4.02. The summed E-state index contributed by atoms with van der Waals surface area (Å²) < 4.78 is 21.7. The summed E-state index contributed by atoms with van der Waals surface area (Å²) in [5, 5.41) is 6.52. The number of methoxy groups -OCH3 is 3. The van der Waals surface area contributed by atoms with Gasteiger partial charge in [0.15, 0.2) is 29.0 Å². The summed E-state index contributed by atoms with van der Waals surface area (Å²) in [5.74, 6) is 3.43. The van der Waals surface area contributed by atoms with Gasteiger partial charge in [0.1, 0.15) is 0 Å². The van der Waals surface area contributed by atoms with Gasteiger partial charge < -0.3 is 29.6 Å². The maximum Gasteiger partial charge on any atom is 0.195 e. The third-order valence-electron chi connectivity index (χ3n) is 4.02. The molecule has 29 heavy (non-hydrogen) atoms. The van der Waals surface area contributed by atoms with E-state index in [9.17, 15) is 0 Å². The Morgan fingerprint density at radius 3 is 2.17 bits per heavy atom. The van der Waals surface area contributed by atoms with E-state index in [-0.39, 0.29) is 24.0 Å². The summed E-state index contributed by atoms with van der Waals surface area (Å²) >= 11 is 0. The largest absolute Gasteiger partial charge is 0.493 e. The Labute approximate surface area is 189 Å². The highest BCUT2D eigenvalue weighted by atomic mass is 127. The van der Waals surface area contributed by atoms with Crippen LogP contribution < -0.4 is 29.6 Å². The number of rotatable bonds is 9. The van der Waals surface area contributed by atoms with E-state index < -0.39 is 0 Å². The van der Waals surface area contributed by atoms with Gasteiger partial charge in [-0.15, -0.1) is 24.0 Å². The average Bonchev–Trinajstić information content (AvgIpc) is 2.75. The fourth-order valence-electron chi connectivity index (χ4n) is 2.57. The second kappa shape index (κ2) is 13.0. The van der Waals surface area contributed by atoms with Crippen LogP contribution in [0.4, 0.5) is 5.69 Å². The normalized spacial score (nSPS) is 10.6. The zero-order valence-corrected chi connectivity index (χ0v) is 19.9. The average molecular weight is 515 g/mol. The number of halogens is 1. The molecule has 0 aliphatic heterocycles. The molecule has 0 aliphatic rings. The molecule has 0 saturated carbocycles. The molecule has 0 atom stereocenters. The van der Waals surface area contributed by atoms with Crippen molar-refractivity contribution in [2.24, 2.45) is 4.99 Å². The first kappa shape index (κ1) is 24.7. The lowest BCUT2D eigenvalue weighted by atomic mass is 10.2. The summed E-state index contributed by atoms with van der Waals surface area (Å²) in [5.41, 5.74) is 1.89. The highest BCUT2D eigenvalue weighted by molar-refractivity contribution is 14.0. The van der Waals surface area contributed by atoms with Crippen LogP contribution in [0.3, 0.4) is 0 Å². The van der Waals surface area contributed by atoms with Gasteiger partial charge in [0.25, 0.3) is 0 Å². The first-order valence-corrected chi connectivity index (χ1v) is 9.14. The van der Waals surface area contributed by atoms with Gasteiger partial charge in [0.05, 0.1) is 27.9 Å². The number of benzene rings is 2. The Morgan fingerprint density at radius 2 is 1.55 bits per heavy atom. The molecular weight excluding hydrogens is 485 g/mol. The molecule has 2 rings (SSSR count). The Kier molecular flexibility index (Phi) is 11.0. The van der Waals surface area contributed by atoms with E-state index in [1.54, 1.807) is 28.4 Å². The highest BCUT2D eigenvalue weighted by Crippen LogP contribution is 2.30. The maximum atomic E-state index is 5.70. The number of hydrogen-bond acceptors (Lipinski definition) is 5. The molecule has 0 spiro atoms.